The molecule has 1 amide bonds. The molecule has 2 rings (SSSR count). The molecule has 0 saturated heterocycles. The normalized spacial score (nSPS) is 13.5. The number of halogens is 1. The van der Waals surface area contributed by atoms with Crippen LogP contribution in [0, 0.1) is 5.82 Å². The highest BCUT2D eigenvalue weighted by Crippen LogP contribution is 2.26. The van der Waals surface area contributed by atoms with E-state index in [1.165, 1.54) is 32.2 Å². The van der Waals surface area contributed by atoms with Gasteiger partial charge in [-0.2, -0.15) is 0 Å². The van der Waals surface area contributed by atoms with Crippen LogP contribution in [-0.4, -0.2) is 33.7 Å². The lowest BCUT2D eigenvalue weighted by molar-refractivity contribution is -0.122. The number of para-hydroxylation sites is 1. The second-order valence-electron chi connectivity index (χ2n) is 6.19. The molecule has 2 aromatic carbocycles. The minimum absolute atomic E-state index is 0.0881. The Morgan fingerprint density at radius 1 is 1.15 bits per heavy atom. The van der Waals surface area contributed by atoms with Crippen molar-refractivity contribution in [2.24, 2.45) is 0 Å². The summed E-state index contributed by atoms with van der Waals surface area (Å²) < 4.78 is 44.3. The number of benzene rings is 2. The average Bonchev–Trinajstić information content (AvgIpc) is 2.60. The summed E-state index contributed by atoms with van der Waals surface area (Å²) in [6, 6.07) is 10.9. The number of hydrogen-bond acceptors (Lipinski definition) is 4. The highest BCUT2D eigenvalue weighted by Gasteiger charge is 2.30. The highest BCUT2D eigenvalue weighted by atomic mass is 32.2. The van der Waals surface area contributed by atoms with Crippen LogP contribution in [0.5, 0.6) is 5.75 Å². The molecule has 0 spiro atoms. The summed E-state index contributed by atoms with van der Waals surface area (Å²) in [7, 11) is -2.28. The van der Waals surface area contributed by atoms with Crippen molar-refractivity contribution in [1.82, 2.24) is 5.32 Å². The number of carbonyl (C=O) groups excluding carboxylic acids is 1. The molecular formula is C19H23FN2O4S. The van der Waals surface area contributed by atoms with Crippen LogP contribution in [0.25, 0.3) is 0 Å². The van der Waals surface area contributed by atoms with Crippen molar-refractivity contribution in [3.63, 3.8) is 0 Å². The number of methoxy groups -OCH3 is 1. The summed E-state index contributed by atoms with van der Waals surface area (Å²) in [6.45, 7) is 3.23. The predicted molar refractivity (Wildman–Crippen MR) is 103 cm³/mol. The lowest BCUT2D eigenvalue weighted by Gasteiger charge is -2.29. The SMILES string of the molecule is COc1ccccc1C(C)NC(=O)C(C)N(c1cccc(F)c1)S(C)(=O)=O. The van der Waals surface area contributed by atoms with Crippen LogP contribution < -0.4 is 14.4 Å². The Labute approximate surface area is 159 Å². The Bertz CT molecular complexity index is 917. The van der Waals surface area contributed by atoms with Crippen LogP contribution in [0.4, 0.5) is 10.1 Å². The van der Waals surface area contributed by atoms with Crippen LogP contribution in [0.2, 0.25) is 0 Å². The van der Waals surface area contributed by atoms with Gasteiger partial charge < -0.3 is 10.1 Å². The van der Waals surface area contributed by atoms with Gasteiger partial charge in [0.25, 0.3) is 0 Å². The first kappa shape index (κ1) is 20.7. The van der Waals surface area contributed by atoms with E-state index in [4.69, 9.17) is 4.74 Å². The molecule has 2 unspecified atom stereocenters. The Hall–Kier alpha value is -2.61. The summed E-state index contributed by atoms with van der Waals surface area (Å²) >= 11 is 0. The van der Waals surface area contributed by atoms with Gasteiger partial charge in [0.1, 0.15) is 17.6 Å². The Morgan fingerprint density at radius 3 is 2.41 bits per heavy atom. The summed E-state index contributed by atoms with van der Waals surface area (Å²) in [6.07, 6.45) is 0.978. The van der Waals surface area contributed by atoms with Gasteiger partial charge in [0, 0.05) is 5.56 Å². The van der Waals surface area contributed by atoms with E-state index < -0.39 is 33.8 Å². The van der Waals surface area contributed by atoms with E-state index in [0.29, 0.717) is 5.75 Å². The fourth-order valence-electron chi connectivity index (χ4n) is 2.86. The molecule has 0 aliphatic rings. The maximum absolute atomic E-state index is 13.6. The van der Waals surface area contributed by atoms with Gasteiger partial charge in [0.05, 0.1) is 25.1 Å². The van der Waals surface area contributed by atoms with E-state index in [0.717, 1.165) is 22.2 Å². The van der Waals surface area contributed by atoms with E-state index in [2.05, 4.69) is 5.32 Å². The zero-order chi connectivity index (χ0) is 20.2. The molecule has 2 atom stereocenters. The molecule has 1 N–H and O–H groups in total. The highest BCUT2D eigenvalue weighted by molar-refractivity contribution is 7.92. The van der Waals surface area contributed by atoms with Gasteiger partial charge in [0.2, 0.25) is 15.9 Å². The fourth-order valence-corrected chi connectivity index (χ4v) is 4.02. The van der Waals surface area contributed by atoms with Crippen molar-refractivity contribution in [3.05, 3.63) is 59.9 Å². The summed E-state index contributed by atoms with van der Waals surface area (Å²) in [5, 5.41) is 2.79. The topological polar surface area (TPSA) is 75.7 Å². The molecule has 0 bridgehead atoms. The molecule has 27 heavy (non-hydrogen) atoms. The van der Waals surface area contributed by atoms with E-state index in [-0.39, 0.29) is 5.69 Å². The largest absolute Gasteiger partial charge is 0.496 e. The number of amides is 1. The molecule has 6 nitrogen and oxygen atoms in total. The van der Waals surface area contributed by atoms with E-state index >= 15 is 0 Å². The van der Waals surface area contributed by atoms with E-state index in [9.17, 15) is 17.6 Å². The third kappa shape index (κ3) is 4.97. The molecular weight excluding hydrogens is 371 g/mol. The lowest BCUT2D eigenvalue weighted by Crippen LogP contribution is -2.48. The molecule has 146 valence electrons. The molecule has 2 aromatic rings. The molecule has 0 fully saturated rings. The minimum atomic E-state index is -3.81. The number of hydrogen-bond donors (Lipinski definition) is 1. The van der Waals surface area contributed by atoms with Crippen molar-refractivity contribution in [2.75, 3.05) is 17.7 Å². The molecule has 0 aliphatic carbocycles. The van der Waals surface area contributed by atoms with Crippen LogP contribution in [0.1, 0.15) is 25.5 Å². The van der Waals surface area contributed by atoms with Crippen LogP contribution >= 0.6 is 0 Å². The van der Waals surface area contributed by atoms with Gasteiger partial charge in [-0.1, -0.05) is 24.3 Å². The smallest absolute Gasteiger partial charge is 0.244 e. The van der Waals surface area contributed by atoms with Crippen LogP contribution in [-0.2, 0) is 14.8 Å². The number of nitrogens with zero attached hydrogens (tertiary/aromatic N) is 1. The number of ether oxygens (including phenoxy) is 1. The van der Waals surface area contributed by atoms with Crippen LogP contribution in [0.3, 0.4) is 0 Å². The van der Waals surface area contributed by atoms with Crippen molar-refractivity contribution in [3.8, 4) is 5.75 Å². The molecule has 0 saturated carbocycles. The number of rotatable bonds is 7. The van der Waals surface area contributed by atoms with Gasteiger partial charge in [-0.05, 0) is 38.1 Å². The first-order valence-corrected chi connectivity index (χ1v) is 10.2. The average molecular weight is 394 g/mol. The quantitative estimate of drug-likeness (QED) is 0.784. The van der Waals surface area contributed by atoms with Crippen molar-refractivity contribution in [2.45, 2.75) is 25.9 Å². The molecule has 0 aromatic heterocycles. The number of nitrogens with one attached hydrogen (secondary N) is 1. The van der Waals surface area contributed by atoms with E-state index in [1.54, 1.807) is 13.0 Å². The number of anilines is 1. The van der Waals surface area contributed by atoms with E-state index in [1.807, 2.05) is 18.2 Å². The zero-order valence-electron chi connectivity index (χ0n) is 15.6. The predicted octanol–water partition coefficient (Wildman–Crippen LogP) is 2.87. The molecule has 0 aliphatic heterocycles. The molecule has 0 heterocycles. The second kappa shape index (κ2) is 8.39. The number of carbonyl (C=O) groups is 1. The lowest BCUT2D eigenvalue weighted by atomic mass is 10.1. The summed E-state index contributed by atoms with van der Waals surface area (Å²) in [4.78, 5) is 12.7. The third-order valence-corrected chi connectivity index (χ3v) is 5.36. The second-order valence-corrected chi connectivity index (χ2v) is 8.05. The van der Waals surface area contributed by atoms with Gasteiger partial charge >= 0.3 is 0 Å². The standard InChI is InChI=1S/C19H23FN2O4S/c1-13(17-10-5-6-11-18(17)26-3)21-19(23)14(2)22(27(4,24)25)16-9-7-8-15(20)12-16/h5-14H,1-4H3,(H,21,23). The van der Waals surface area contributed by atoms with Gasteiger partial charge in [-0.25, -0.2) is 12.8 Å². The van der Waals surface area contributed by atoms with Crippen molar-refractivity contribution in [1.29, 1.82) is 0 Å². The van der Waals surface area contributed by atoms with Crippen LogP contribution in [0.15, 0.2) is 48.5 Å². The summed E-state index contributed by atoms with van der Waals surface area (Å²) in [5.41, 5.74) is 0.849. The summed E-state index contributed by atoms with van der Waals surface area (Å²) in [5.74, 6) is -0.484. The van der Waals surface area contributed by atoms with Gasteiger partial charge in [-0.15, -0.1) is 0 Å². The first-order chi connectivity index (χ1) is 12.6. The molecule has 0 radical (unpaired) electrons. The maximum atomic E-state index is 13.6. The first-order valence-electron chi connectivity index (χ1n) is 8.33. The zero-order valence-corrected chi connectivity index (χ0v) is 16.5. The Balaban J connectivity index is 2.27. The van der Waals surface area contributed by atoms with Gasteiger partial charge in [-0.3, -0.25) is 9.10 Å². The monoisotopic (exact) mass is 394 g/mol. The van der Waals surface area contributed by atoms with Gasteiger partial charge in [0.15, 0.2) is 0 Å². The number of sulfonamides is 1. The third-order valence-electron chi connectivity index (χ3n) is 4.12. The Morgan fingerprint density at radius 2 is 1.81 bits per heavy atom. The maximum Gasteiger partial charge on any atom is 0.244 e. The minimum Gasteiger partial charge on any atom is -0.496 e. The molecule has 8 heteroatoms. The fraction of sp³-hybridized carbons (Fsp3) is 0.316. The van der Waals surface area contributed by atoms with Crippen molar-refractivity contribution < 1.29 is 22.3 Å². The van der Waals surface area contributed by atoms with Crippen molar-refractivity contribution >= 4 is 21.6 Å². The Kier molecular flexibility index (Phi) is 6.43.